The second-order valence-corrected chi connectivity index (χ2v) is 4.33. The van der Waals surface area contributed by atoms with E-state index in [1.54, 1.807) is 20.8 Å². The third kappa shape index (κ3) is 4.50. The molecule has 0 saturated heterocycles. The summed E-state index contributed by atoms with van der Waals surface area (Å²) in [6.45, 7) is 4.97. The van der Waals surface area contributed by atoms with E-state index in [1.807, 2.05) is 0 Å². The standard InChI is InChI=1S/C11H12F4O2/c1-10(2,3)16-7-5-4-6-8(9(7)12)17-11(13,14)15/h4-6H,1-3H3. The van der Waals surface area contributed by atoms with E-state index in [0.717, 1.165) is 6.07 Å². The highest BCUT2D eigenvalue weighted by Crippen LogP contribution is 2.32. The van der Waals surface area contributed by atoms with E-state index in [0.29, 0.717) is 0 Å². The summed E-state index contributed by atoms with van der Waals surface area (Å²) < 4.78 is 58.2. The van der Waals surface area contributed by atoms with Crippen LogP contribution in [0, 0.1) is 5.82 Å². The zero-order valence-electron chi connectivity index (χ0n) is 9.56. The average Bonchev–Trinajstić information content (AvgIpc) is 2.07. The summed E-state index contributed by atoms with van der Waals surface area (Å²) in [6, 6.07) is 3.35. The number of benzene rings is 1. The van der Waals surface area contributed by atoms with Gasteiger partial charge in [0.1, 0.15) is 5.60 Å². The van der Waals surface area contributed by atoms with Gasteiger partial charge in [0.05, 0.1) is 0 Å². The molecule has 0 aromatic heterocycles. The molecule has 0 aliphatic rings. The Labute approximate surface area is 96.1 Å². The van der Waals surface area contributed by atoms with Gasteiger partial charge in [-0.25, -0.2) is 0 Å². The number of ether oxygens (including phenoxy) is 2. The summed E-state index contributed by atoms with van der Waals surface area (Å²) in [5.74, 6) is -2.35. The minimum atomic E-state index is -4.93. The minimum Gasteiger partial charge on any atom is -0.485 e. The van der Waals surface area contributed by atoms with Crippen LogP contribution in [0.5, 0.6) is 11.5 Å². The molecule has 0 heterocycles. The van der Waals surface area contributed by atoms with E-state index in [1.165, 1.54) is 12.1 Å². The van der Waals surface area contributed by atoms with Gasteiger partial charge in [-0.2, -0.15) is 4.39 Å². The molecule has 0 amide bonds. The molecule has 1 rings (SSSR count). The monoisotopic (exact) mass is 252 g/mol. The SMILES string of the molecule is CC(C)(C)Oc1cccc(OC(F)(F)F)c1F. The van der Waals surface area contributed by atoms with Crippen molar-refractivity contribution in [3.8, 4) is 11.5 Å². The van der Waals surface area contributed by atoms with Crippen LogP contribution >= 0.6 is 0 Å². The Kier molecular flexibility index (Phi) is 3.54. The molecule has 0 unspecified atom stereocenters. The zero-order chi connectivity index (χ0) is 13.3. The molecule has 0 radical (unpaired) electrons. The van der Waals surface area contributed by atoms with Crippen LogP contribution in [0.25, 0.3) is 0 Å². The van der Waals surface area contributed by atoms with Crippen molar-refractivity contribution in [1.29, 1.82) is 0 Å². The molecule has 0 atom stereocenters. The maximum atomic E-state index is 13.6. The molecule has 0 aliphatic carbocycles. The second-order valence-electron chi connectivity index (χ2n) is 4.33. The first-order valence-electron chi connectivity index (χ1n) is 4.82. The van der Waals surface area contributed by atoms with E-state index in [9.17, 15) is 17.6 Å². The van der Waals surface area contributed by atoms with Crippen molar-refractivity contribution in [1.82, 2.24) is 0 Å². The van der Waals surface area contributed by atoms with Crippen molar-refractivity contribution in [2.45, 2.75) is 32.7 Å². The fraction of sp³-hybridized carbons (Fsp3) is 0.455. The first-order valence-corrected chi connectivity index (χ1v) is 4.82. The highest BCUT2D eigenvalue weighted by molar-refractivity contribution is 5.36. The quantitative estimate of drug-likeness (QED) is 0.743. The van der Waals surface area contributed by atoms with Gasteiger partial charge in [0, 0.05) is 0 Å². The van der Waals surface area contributed by atoms with E-state index < -0.39 is 23.5 Å². The topological polar surface area (TPSA) is 18.5 Å². The minimum absolute atomic E-state index is 0.278. The van der Waals surface area contributed by atoms with Gasteiger partial charge in [-0.05, 0) is 32.9 Å². The summed E-state index contributed by atoms with van der Waals surface area (Å²) >= 11 is 0. The Morgan fingerprint density at radius 2 is 1.41 bits per heavy atom. The molecule has 96 valence electrons. The maximum Gasteiger partial charge on any atom is 0.573 e. The lowest BCUT2D eigenvalue weighted by Gasteiger charge is -2.22. The van der Waals surface area contributed by atoms with Crippen LogP contribution in [-0.4, -0.2) is 12.0 Å². The van der Waals surface area contributed by atoms with Crippen molar-refractivity contribution in [2.24, 2.45) is 0 Å². The Hall–Kier alpha value is -1.46. The molecule has 6 heteroatoms. The van der Waals surface area contributed by atoms with Crippen LogP contribution in [0.3, 0.4) is 0 Å². The number of halogens is 4. The highest BCUT2D eigenvalue weighted by atomic mass is 19.4. The van der Waals surface area contributed by atoms with Crippen molar-refractivity contribution >= 4 is 0 Å². The van der Waals surface area contributed by atoms with Crippen LogP contribution < -0.4 is 9.47 Å². The van der Waals surface area contributed by atoms with E-state index in [2.05, 4.69) is 4.74 Å². The van der Waals surface area contributed by atoms with Crippen LogP contribution in [0.4, 0.5) is 17.6 Å². The van der Waals surface area contributed by atoms with Gasteiger partial charge in [-0.15, -0.1) is 13.2 Å². The number of hydrogen-bond acceptors (Lipinski definition) is 2. The highest BCUT2D eigenvalue weighted by Gasteiger charge is 2.33. The molecule has 0 N–H and O–H groups in total. The van der Waals surface area contributed by atoms with Crippen molar-refractivity contribution in [2.75, 3.05) is 0 Å². The van der Waals surface area contributed by atoms with Crippen LogP contribution in [0.1, 0.15) is 20.8 Å². The predicted molar refractivity (Wildman–Crippen MR) is 53.5 cm³/mol. The summed E-state index contributed by atoms with van der Waals surface area (Å²) in [5, 5.41) is 0. The summed E-state index contributed by atoms with van der Waals surface area (Å²) in [6.07, 6.45) is -4.93. The van der Waals surface area contributed by atoms with E-state index in [-0.39, 0.29) is 5.75 Å². The zero-order valence-corrected chi connectivity index (χ0v) is 9.56. The molecule has 1 aromatic carbocycles. The molecule has 0 fully saturated rings. The van der Waals surface area contributed by atoms with Gasteiger partial charge in [0.2, 0.25) is 5.82 Å². The molecule has 0 bridgehead atoms. The van der Waals surface area contributed by atoms with Gasteiger partial charge in [-0.3, -0.25) is 0 Å². The lowest BCUT2D eigenvalue weighted by Crippen LogP contribution is -2.24. The summed E-state index contributed by atoms with van der Waals surface area (Å²) in [5.41, 5.74) is -0.711. The molecule has 1 aromatic rings. The van der Waals surface area contributed by atoms with Gasteiger partial charge in [-0.1, -0.05) is 6.07 Å². The van der Waals surface area contributed by atoms with Gasteiger partial charge in [0.25, 0.3) is 0 Å². The Morgan fingerprint density at radius 1 is 0.941 bits per heavy atom. The fourth-order valence-electron chi connectivity index (χ4n) is 1.10. The fourth-order valence-corrected chi connectivity index (χ4v) is 1.10. The van der Waals surface area contributed by atoms with Crippen molar-refractivity contribution in [3.63, 3.8) is 0 Å². The Bertz CT molecular complexity index is 359. The second kappa shape index (κ2) is 4.43. The molecular weight excluding hydrogens is 240 g/mol. The molecule has 0 spiro atoms. The smallest absolute Gasteiger partial charge is 0.485 e. The molecule has 17 heavy (non-hydrogen) atoms. The van der Waals surface area contributed by atoms with Crippen molar-refractivity contribution in [3.05, 3.63) is 24.0 Å². The van der Waals surface area contributed by atoms with Crippen molar-refractivity contribution < 1.29 is 27.0 Å². The normalized spacial score (nSPS) is 12.4. The Morgan fingerprint density at radius 3 is 1.82 bits per heavy atom. The van der Waals surface area contributed by atoms with Gasteiger partial charge in [0.15, 0.2) is 11.5 Å². The van der Waals surface area contributed by atoms with Gasteiger partial charge < -0.3 is 9.47 Å². The Balaban J connectivity index is 3.00. The van der Waals surface area contributed by atoms with Crippen LogP contribution in [-0.2, 0) is 0 Å². The molecular formula is C11H12F4O2. The van der Waals surface area contributed by atoms with E-state index >= 15 is 0 Å². The first kappa shape index (κ1) is 13.6. The van der Waals surface area contributed by atoms with Crippen LogP contribution in [0.2, 0.25) is 0 Å². The number of hydrogen-bond donors (Lipinski definition) is 0. The first-order chi connectivity index (χ1) is 7.58. The predicted octanol–water partition coefficient (Wildman–Crippen LogP) is 3.90. The number of rotatable bonds is 2. The lowest BCUT2D eigenvalue weighted by atomic mass is 10.2. The molecule has 2 nitrogen and oxygen atoms in total. The average molecular weight is 252 g/mol. The largest absolute Gasteiger partial charge is 0.573 e. The number of alkyl halides is 3. The van der Waals surface area contributed by atoms with E-state index in [4.69, 9.17) is 4.74 Å². The third-order valence-electron chi connectivity index (χ3n) is 1.57. The lowest BCUT2D eigenvalue weighted by molar-refractivity contribution is -0.275. The molecule has 0 saturated carbocycles. The van der Waals surface area contributed by atoms with Gasteiger partial charge >= 0.3 is 6.36 Å². The summed E-state index contributed by atoms with van der Waals surface area (Å²) in [4.78, 5) is 0. The maximum absolute atomic E-state index is 13.6. The molecule has 0 aliphatic heterocycles. The third-order valence-corrected chi connectivity index (χ3v) is 1.57. The van der Waals surface area contributed by atoms with Crippen LogP contribution in [0.15, 0.2) is 18.2 Å². The summed E-state index contributed by atoms with van der Waals surface area (Å²) in [7, 11) is 0.